The van der Waals surface area contributed by atoms with Crippen molar-refractivity contribution in [2.24, 2.45) is 11.8 Å². The summed E-state index contributed by atoms with van der Waals surface area (Å²) in [7, 11) is 0. The van der Waals surface area contributed by atoms with Crippen LogP contribution in [0.15, 0.2) is 24.5 Å². The molecule has 0 aliphatic rings. The third-order valence-electron chi connectivity index (χ3n) is 2.51. The molecule has 0 bridgehead atoms. The molecular formula is C11H19N3. The van der Waals surface area contributed by atoms with Crippen LogP contribution in [0.3, 0.4) is 0 Å². The first-order valence-corrected chi connectivity index (χ1v) is 5.09. The molecule has 0 fully saturated rings. The zero-order chi connectivity index (χ0) is 10.4. The van der Waals surface area contributed by atoms with Gasteiger partial charge in [0.15, 0.2) is 0 Å². The lowest BCUT2D eigenvalue weighted by molar-refractivity contribution is 0.384. The van der Waals surface area contributed by atoms with Crippen LogP contribution in [0.2, 0.25) is 0 Å². The molecule has 0 spiro atoms. The predicted octanol–water partition coefficient (Wildman–Crippen LogP) is 1.50. The second-order valence-electron chi connectivity index (χ2n) is 3.91. The monoisotopic (exact) mass is 193 g/mol. The minimum atomic E-state index is 0.392. The van der Waals surface area contributed by atoms with Gasteiger partial charge in [-0.1, -0.05) is 13.8 Å². The number of nitrogens with two attached hydrogens (primary N) is 1. The fraction of sp³-hybridized carbons (Fsp3) is 0.545. The maximum Gasteiger partial charge on any atom is 0.0270 e. The van der Waals surface area contributed by atoms with Gasteiger partial charge < -0.3 is 0 Å². The number of nitrogens with one attached hydrogen (secondary N) is 1. The Kier molecular flexibility index (Phi) is 4.56. The van der Waals surface area contributed by atoms with Crippen LogP contribution in [0.25, 0.3) is 0 Å². The maximum atomic E-state index is 5.48. The number of pyridine rings is 1. The third kappa shape index (κ3) is 3.44. The molecule has 0 aliphatic heterocycles. The number of rotatable bonds is 5. The van der Waals surface area contributed by atoms with Crippen molar-refractivity contribution >= 4 is 0 Å². The van der Waals surface area contributed by atoms with Gasteiger partial charge >= 0.3 is 0 Å². The van der Waals surface area contributed by atoms with E-state index in [1.807, 2.05) is 24.5 Å². The van der Waals surface area contributed by atoms with E-state index in [2.05, 4.69) is 24.3 Å². The van der Waals surface area contributed by atoms with Gasteiger partial charge in [-0.3, -0.25) is 16.3 Å². The first kappa shape index (κ1) is 11.1. The topological polar surface area (TPSA) is 50.9 Å². The van der Waals surface area contributed by atoms with Crippen LogP contribution in [0, 0.1) is 5.92 Å². The average Bonchev–Trinajstić information content (AvgIpc) is 2.20. The van der Waals surface area contributed by atoms with Crippen molar-refractivity contribution in [1.29, 1.82) is 0 Å². The second-order valence-corrected chi connectivity index (χ2v) is 3.91. The van der Waals surface area contributed by atoms with Gasteiger partial charge in [0.05, 0.1) is 0 Å². The molecule has 0 amide bonds. The van der Waals surface area contributed by atoms with Gasteiger partial charge in [0, 0.05) is 18.4 Å². The highest BCUT2D eigenvalue weighted by Crippen LogP contribution is 2.09. The molecule has 3 heteroatoms. The SMILES string of the molecule is CC(C)C(CCc1ccncc1)NN. The molecule has 0 aromatic carbocycles. The van der Waals surface area contributed by atoms with Crippen LogP contribution < -0.4 is 11.3 Å². The van der Waals surface area contributed by atoms with Crippen molar-refractivity contribution in [2.45, 2.75) is 32.7 Å². The van der Waals surface area contributed by atoms with Crippen molar-refractivity contribution in [3.8, 4) is 0 Å². The van der Waals surface area contributed by atoms with Crippen LogP contribution in [0.4, 0.5) is 0 Å². The van der Waals surface area contributed by atoms with Gasteiger partial charge in [-0.15, -0.1) is 0 Å². The highest BCUT2D eigenvalue weighted by molar-refractivity contribution is 5.09. The zero-order valence-corrected chi connectivity index (χ0v) is 8.90. The van der Waals surface area contributed by atoms with Gasteiger partial charge in [0.1, 0.15) is 0 Å². The Morgan fingerprint density at radius 1 is 1.36 bits per heavy atom. The molecule has 1 rings (SSSR count). The molecule has 0 saturated heterocycles. The number of aryl methyl sites for hydroxylation is 1. The van der Waals surface area contributed by atoms with E-state index in [-0.39, 0.29) is 0 Å². The van der Waals surface area contributed by atoms with Gasteiger partial charge in [-0.2, -0.15) is 0 Å². The molecule has 1 unspecified atom stereocenters. The summed E-state index contributed by atoms with van der Waals surface area (Å²) in [6.45, 7) is 4.36. The Hall–Kier alpha value is -0.930. The number of nitrogens with zero attached hydrogens (tertiary/aromatic N) is 1. The molecule has 1 atom stereocenters. The summed E-state index contributed by atoms with van der Waals surface area (Å²) in [6.07, 6.45) is 5.78. The molecular weight excluding hydrogens is 174 g/mol. The summed E-state index contributed by atoms with van der Waals surface area (Å²) in [4.78, 5) is 3.99. The molecule has 3 N–H and O–H groups in total. The zero-order valence-electron chi connectivity index (χ0n) is 8.90. The lowest BCUT2D eigenvalue weighted by atomic mass is 9.98. The van der Waals surface area contributed by atoms with Gasteiger partial charge in [0.25, 0.3) is 0 Å². The van der Waals surface area contributed by atoms with Crippen molar-refractivity contribution in [1.82, 2.24) is 10.4 Å². The Bertz CT molecular complexity index is 246. The Labute approximate surface area is 85.7 Å². The molecule has 14 heavy (non-hydrogen) atoms. The lowest BCUT2D eigenvalue weighted by Crippen LogP contribution is -2.39. The molecule has 1 aromatic rings. The molecule has 3 nitrogen and oxygen atoms in total. The van der Waals surface area contributed by atoms with Crippen molar-refractivity contribution in [3.05, 3.63) is 30.1 Å². The summed E-state index contributed by atoms with van der Waals surface area (Å²) in [5.74, 6) is 6.05. The number of aromatic nitrogens is 1. The predicted molar refractivity (Wildman–Crippen MR) is 58.5 cm³/mol. The largest absolute Gasteiger partial charge is 0.271 e. The van der Waals surface area contributed by atoms with Crippen LogP contribution in [0.5, 0.6) is 0 Å². The van der Waals surface area contributed by atoms with Crippen LogP contribution >= 0.6 is 0 Å². The van der Waals surface area contributed by atoms with E-state index in [0.29, 0.717) is 12.0 Å². The van der Waals surface area contributed by atoms with Gasteiger partial charge in [0.2, 0.25) is 0 Å². The minimum Gasteiger partial charge on any atom is -0.271 e. The highest BCUT2D eigenvalue weighted by Gasteiger charge is 2.10. The van der Waals surface area contributed by atoms with E-state index in [4.69, 9.17) is 5.84 Å². The molecule has 78 valence electrons. The first-order chi connectivity index (χ1) is 6.74. The Morgan fingerprint density at radius 3 is 2.50 bits per heavy atom. The van der Waals surface area contributed by atoms with Crippen LogP contribution in [-0.2, 0) is 6.42 Å². The number of hydrogen-bond acceptors (Lipinski definition) is 3. The standard InChI is InChI=1S/C11H19N3/c1-9(2)11(14-12)4-3-10-5-7-13-8-6-10/h5-9,11,14H,3-4,12H2,1-2H3. The van der Waals surface area contributed by atoms with E-state index < -0.39 is 0 Å². The van der Waals surface area contributed by atoms with Crippen molar-refractivity contribution < 1.29 is 0 Å². The summed E-state index contributed by atoms with van der Waals surface area (Å²) in [5, 5.41) is 0. The molecule has 0 saturated carbocycles. The Balaban J connectivity index is 2.40. The quantitative estimate of drug-likeness (QED) is 0.550. The van der Waals surface area contributed by atoms with E-state index in [1.54, 1.807) is 0 Å². The normalized spacial score (nSPS) is 13.1. The van der Waals surface area contributed by atoms with E-state index in [0.717, 1.165) is 12.8 Å². The number of hydrazine groups is 1. The molecule has 0 radical (unpaired) electrons. The van der Waals surface area contributed by atoms with Crippen LogP contribution in [0.1, 0.15) is 25.8 Å². The fourth-order valence-corrected chi connectivity index (χ4v) is 1.48. The Morgan fingerprint density at radius 2 is 2.00 bits per heavy atom. The molecule has 1 aromatic heterocycles. The minimum absolute atomic E-state index is 0.392. The van der Waals surface area contributed by atoms with Crippen molar-refractivity contribution in [3.63, 3.8) is 0 Å². The summed E-state index contributed by atoms with van der Waals surface area (Å²) in [5.41, 5.74) is 4.18. The third-order valence-corrected chi connectivity index (χ3v) is 2.51. The van der Waals surface area contributed by atoms with E-state index >= 15 is 0 Å². The highest BCUT2D eigenvalue weighted by atomic mass is 15.2. The molecule has 1 heterocycles. The first-order valence-electron chi connectivity index (χ1n) is 5.09. The van der Waals surface area contributed by atoms with Crippen LogP contribution in [-0.4, -0.2) is 11.0 Å². The second kappa shape index (κ2) is 5.73. The maximum absolute atomic E-state index is 5.48. The summed E-state index contributed by atoms with van der Waals surface area (Å²) in [6, 6.07) is 4.49. The van der Waals surface area contributed by atoms with Crippen molar-refractivity contribution in [2.75, 3.05) is 0 Å². The summed E-state index contributed by atoms with van der Waals surface area (Å²) >= 11 is 0. The number of hydrogen-bond donors (Lipinski definition) is 2. The fourth-order valence-electron chi connectivity index (χ4n) is 1.48. The summed E-state index contributed by atoms with van der Waals surface area (Å²) < 4.78 is 0. The van der Waals surface area contributed by atoms with E-state index in [1.165, 1.54) is 5.56 Å². The molecule has 0 aliphatic carbocycles. The van der Waals surface area contributed by atoms with Gasteiger partial charge in [-0.05, 0) is 36.5 Å². The smallest absolute Gasteiger partial charge is 0.0270 e. The lowest BCUT2D eigenvalue weighted by Gasteiger charge is -2.19. The van der Waals surface area contributed by atoms with Gasteiger partial charge in [-0.25, -0.2) is 0 Å². The van der Waals surface area contributed by atoms with E-state index in [9.17, 15) is 0 Å². The average molecular weight is 193 g/mol.